The summed E-state index contributed by atoms with van der Waals surface area (Å²) in [5.74, 6) is 0.342. The van der Waals surface area contributed by atoms with Gasteiger partial charge in [0.1, 0.15) is 11.8 Å². The summed E-state index contributed by atoms with van der Waals surface area (Å²) in [7, 11) is 1.56. The number of nitriles is 1. The van der Waals surface area contributed by atoms with Crippen LogP contribution in [-0.2, 0) is 0 Å². The topological polar surface area (TPSA) is 62.1 Å². The first-order valence-corrected chi connectivity index (χ1v) is 8.84. The van der Waals surface area contributed by atoms with E-state index in [1.165, 1.54) is 0 Å². The van der Waals surface area contributed by atoms with Crippen molar-refractivity contribution in [3.8, 4) is 11.8 Å². The van der Waals surface area contributed by atoms with Crippen molar-refractivity contribution in [1.29, 1.82) is 5.26 Å². The van der Waals surface area contributed by atoms with Gasteiger partial charge in [-0.2, -0.15) is 5.26 Å². The van der Waals surface area contributed by atoms with E-state index in [0.29, 0.717) is 22.6 Å². The number of aryl methyl sites for hydroxylation is 2. The lowest BCUT2D eigenvalue weighted by atomic mass is 9.86. The van der Waals surface area contributed by atoms with Gasteiger partial charge in [-0.1, -0.05) is 56.2 Å². The molecule has 2 rings (SSSR count). The van der Waals surface area contributed by atoms with Crippen LogP contribution in [0.15, 0.2) is 48.2 Å². The Morgan fingerprint density at radius 3 is 2.19 bits per heavy atom. The summed E-state index contributed by atoms with van der Waals surface area (Å²) in [6.45, 7) is 9.94. The van der Waals surface area contributed by atoms with Crippen molar-refractivity contribution in [3.05, 3.63) is 70.4 Å². The number of allylic oxidation sites excluding steroid dienone is 2. The number of nitrogens with one attached hydrogen (secondary N) is 1. The maximum absolute atomic E-state index is 12.8. The largest absolute Gasteiger partial charge is 0.497 e. The highest BCUT2D eigenvalue weighted by Gasteiger charge is 2.25. The molecule has 0 aromatic heterocycles. The smallest absolute Gasteiger partial charge is 0.255 e. The van der Waals surface area contributed by atoms with Crippen LogP contribution in [-0.4, -0.2) is 13.0 Å². The maximum atomic E-state index is 12.8. The molecular weight excluding hydrogens is 336 g/mol. The predicted molar refractivity (Wildman–Crippen MR) is 108 cm³/mol. The SMILES string of the molecule is COc1cccc(C(=O)NC(=C(C#N)c2cc(C)cc(C)c2)C(C)(C)C)c1. The molecule has 0 spiro atoms. The molecule has 2 aromatic rings. The van der Waals surface area contributed by atoms with Gasteiger partial charge in [0.2, 0.25) is 0 Å². The predicted octanol–water partition coefficient (Wildman–Crippen LogP) is 5.02. The molecule has 27 heavy (non-hydrogen) atoms. The van der Waals surface area contributed by atoms with E-state index in [0.717, 1.165) is 16.7 Å². The fourth-order valence-corrected chi connectivity index (χ4v) is 2.96. The first-order valence-electron chi connectivity index (χ1n) is 8.84. The van der Waals surface area contributed by atoms with Crippen molar-refractivity contribution in [3.63, 3.8) is 0 Å². The van der Waals surface area contributed by atoms with Crippen molar-refractivity contribution in [2.24, 2.45) is 5.41 Å². The second-order valence-electron chi connectivity index (χ2n) is 7.67. The third-order valence-corrected chi connectivity index (χ3v) is 4.19. The third kappa shape index (κ3) is 4.98. The molecule has 4 heteroatoms. The Kier molecular flexibility index (Phi) is 6.07. The molecule has 0 aliphatic carbocycles. The number of rotatable bonds is 4. The Labute approximate surface area is 161 Å². The lowest BCUT2D eigenvalue weighted by molar-refractivity contribution is 0.0957. The normalized spacial score (nSPS) is 12.0. The van der Waals surface area contributed by atoms with Crippen molar-refractivity contribution in [1.82, 2.24) is 5.32 Å². The zero-order valence-electron chi connectivity index (χ0n) is 16.8. The van der Waals surface area contributed by atoms with Crippen molar-refractivity contribution in [2.45, 2.75) is 34.6 Å². The van der Waals surface area contributed by atoms with Gasteiger partial charge in [-0.05, 0) is 37.6 Å². The molecule has 0 heterocycles. The Bertz CT molecular complexity index is 908. The van der Waals surface area contributed by atoms with Gasteiger partial charge in [0.15, 0.2) is 0 Å². The van der Waals surface area contributed by atoms with E-state index in [1.807, 2.05) is 46.8 Å². The van der Waals surface area contributed by atoms with E-state index in [1.54, 1.807) is 31.4 Å². The zero-order chi connectivity index (χ0) is 20.2. The van der Waals surface area contributed by atoms with Crippen LogP contribution in [0.2, 0.25) is 0 Å². The molecule has 0 unspecified atom stereocenters. The van der Waals surface area contributed by atoms with Crippen LogP contribution < -0.4 is 10.1 Å². The Morgan fingerprint density at radius 2 is 1.67 bits per heavy atom. The van der Waals surface area contributed by atoms with Gasteiger partial charge in [0, 0.05) is 16.7 Å². The van der Waals surface area contributed by atoms with E-state index in [9.17, 15) is 10.1 Å². The molecule has 0 saturated heterocycles. The molecule has 4 nitrogen and oxygen atoms in total. The number of methoxy groups -OCH3 is 1. The average Bonchev–Trinajstić information content (AvgIpc) is 2.59. The molecule has 0 saturated carbocycles. The number of carbonyl (C=O) groups is 1. The highest BCUT2D eigenvalue weighted by Crippen LogP contribution is 2.31. The number of nitrogens with zero attached hydrogens (tertiary/aromatic N) is 1. The molecule has 0 radical (unpaired) electrons. The molecule has 1 N–H and O–H groups in total. The Balaban J connectivity index is 2.54. The van der Waals surface area contributed by atoms with Gasteiger partial charge in [-0.15, -0.1) is 0 Å². The molecule has 0 bridgehead atoms. The quantitative estimate of drug-likeness (QED) is 0.777. The molecular formula is C23H26N2O2. The number of benzene rings is 2. The number of carbonyl (C=O) groups excluding carboxylic acids is 1. The van der Waals surface area contributed by atoms with Crippen LogP contribution in [0, 0.1) is 30.6 Å². The highest BCUT2D eigenvalue weighted by atomic mass is 16.5. The second-order valence-corrected chi connectivity index (χ2v) is 7.67. The number of hydrogen-bond acceptors (Lipinski definition) is 3. The van der Waals surface area contributed by atoms with Gasteiger partial charge in [-0.25, -0.2) is 0 Å². The van der Waals surface area contributed by atoms with Crippen LogP contribution in [0.1, 0.15) is 47.8 Å². The minimum Gasteiger partial charge on any atom is -0.497 e. The second kappa shape index (κ2) is 8.09. The van der Waals surface area contributed by atoms with Crippen LogP contribution in [0.5, 0.6) is 5.75 Å². The van der Waals surface area contributed by atoms with E-state index < -0.39 is 5.41 Å². The molecule has 0 aliphatic rings. The minimum absolute atomic E-state index is 0.268. The molecule has 0 atom stereocenters. The molecule has 0 fully saturated rings. The summed E-state index contributed by atoms with van der Waals surface area (Å²) in [6.07, 6.45) is 0. The fraction of sp³-hybridized carbons (Fsp3) is 0.304. The fourth-order valence-electron chi connectivity index (χ4n) is 2.96. The van der Waals surface area contributed by atoms with E-state index in [-0.39, 0.29) is 5.91 Å². The van der Waals surface area contributed by atoms with Crippen LogP contribution in [0.3, 0.4) is 0 Å². The van der Waals surface area contributed by atoms with Crippen LogP contribution in [0.4, 0.5) is 0 Å². The first-order chi connectivity index (χ1) is 12.7. The molecule has 140 valence electrons. The maximum Gasteiger partial charge on any atom is 0.255 e. The summed E-state index contributed by atoms with van der Waals surface area (Å²) in [6, 6.07) is 15.2. The standard InChI is InChI=1S/C23H26N2O2/c1-15-10-16(2)12-18(11-15)20(14-24)21(23(3,4)5)25-22(26)17-8-7-9-19(13-17)27-6/h7-13H,1-6H3,(H,25,26). The molecule has 0 aliphatic heterocycles. The third-order valence-electron chi connectivity index (χ3n) is 4.19. The van der Waals surface area contributed by atoms with E-state index in [2.05, 4.69) is 17.5 Å². The van der Waals surface area contributed by atoms with Crippen molar-refractivity contribution >= 4 is 11.5 Å². The number of ether oxygens (including phenoxy) is 1. The van der Waals surface area contributed by atoms with E-state index >= 15 is 0 Å². The Hall–Kier alpha value is -3.06. The van der Waals surface area contributed by atoms with Gasteiger partial charge in [-0.3, -0.25) is 4.79 Å². The van der Waals surface area contributed by atoms with Gasteiger partial charge < -0.3 is 10.1 Å². The van der Waals surface area contributed by atoms with Gasteiger partial charge >= 0.3 is 0 Å². The summed E-state index contributed by atoms with van der Waals surface area (Å²) >= 11 is 0. The minimum atomic E-state index is -0.419. The summed E-state index contributed by atoms with van der Waals surface area (Å²) in [4.78, 5) is 12.8. The summed E-state index contributed by atoms with van der Waals surface area (Å²) in [5.41, 5.74) is 4.10. The van der Waals surface area contributed by atoms with Gasteiger partial charge in [0.05, 0.1) is 12.7 Å². The van der Waals surface area contributed by atoms with Crippen molar-refractivity contribution < 1.29 is 9.53 Å². The van der Waals surface area contributed by atoms with Crippen LogP contribution >= 0.6 is 0 Å². The average molecular weight is 362 g/mol. The number of hydrogen-bond donors (Lipinski definition) is 1. The number of amides is 1. The lowest BCUT2D eigenvalue weighted by Crippen LogP contribution is -2.31. The zero-order valence-corrected chi connectivity index (χ0v) is 16.8. The summed E-state index contributed by atoms with van der Waals surface area (Å²) in [5, 5.41) is 12.9. The monoisotopic (exact) mass is 362 g/mol. The van der Waals surface area contributed by atoms with E-state index in [4.69, 9.17) is 4.74 Å². The van der Waals surface area contributed by atoms with Crippen LogP contribution in [0.25, 0.3) is 5.57 Å². The lowest BCUT2D eigenvalue weighted by Gasteiger charge is -2.26. The molecule has 2 aromatic carbocycles. The summed E-state index contributed by atoms with van der Waals surface area (Å²) < 4.78 is 5.20. The highest BCUT2D eigenvalue weighted by molar-refractivity contribution is 5.97. The van der Waals surface area contributed by atoms with Crippen molar-refractivity contribution in [2.75, 3.05) is 7.11 Å². The first kappa shape index (κ1) is 20.3. The Morgan fingerprint density at radius 1 is 1.04 bits per heavy atom. The van der Waals surface area contributed by atoms with Gasteiger partial charge in [0.25, 0.3) is 5.91 Å². The molecule has 1 amide bonds.